The van der Waals surface area contributed by atoms with Crippen molar-refractivity contribution in [3.63, 3.8) is 0 Å². The molecule has 0 spiro atoms. The molecule has 1 fully saturated rings. The SMILES string of the molecule is Cc1nc(Nc2ncc(C(=O)O)s2)cc(N2CCN(CCOc3ccccc3)CC2)n1. The zero-order valence-corrected chi connectivity index (χ0v) is 18.0. The number of hydrogen-bond donors (Lipinski definition) is 2. The standard InChI is InChI=1S/C21H24N6O3S/c1-15-23-18(25-21-22-14-17(31-21)20(28)29)13-19(24-15)27-9-7-26(8-10-27)11-12-30-16-5-3-2-4-6-16/h2-6,13-14H,7-12H2,1H3,(H,28,29)(H,22,23,24,25). The van der Waals surface area contributed by atoms with Gasteiger partial charge in [-0.15, -0.1) is 0 Å². The first kappa shape index (κ1) is 21.0. The number of para-hydroxylation sites is 1. The summed E-state index contributed by atoms with van der Waals surface area (Å²) in [6.07, 6.45) is 1.34. The Hall–Kier alpha value is -3.24. The first-order valence-corrected chi connectivity index (χ1v) is 10.9. The molecule has 162 valence electrons. The van der Waals surface area contributed by atoms with Crippen LogP contribution in [0.4, 0.5) is 16.8 Å². The Morgan fingerprint density at radius 3 is 2.68 bits per heavy atom. The number of anilines is 3. The average Bonchev–Trinajstić information content (AvgIpc) is 3.23. The van der Waals surface area contributed by atoms with Crippen LogP contribution < -0.4 is 15.0 Å². The molecule has 1 aliphatic rings. The number of carboxylic acids is 1. The van der Waals surface area contributed by atoms with Gasteiger partial charge in [-0.25, -0.2) is 19.7 Å². The van der Waals surface area contributed by atoms with Crippen molar-refractivity contribution in [2.75, 3.05) is 49.5 Å². The fourth-order valence-electron chi connectivity index (χ4n) is 3.33. The number of nitrogens with zero attached hydrogens (tertiary/aromatic N) is 5. The van der Waals surface area contributed by atoms with Gasteiger partial charge in [0.05, 0.1) is 6.20 Å². The zero-order chi connectivity index (χ0) is 21.6. The number of carbonyl (C=O) groups is 1. The van der Waals surface area contributed by atoms with E-state index in [1.165, 1.54) is 6.20 Å². The Morgan fingerprint density at radius 2 is 1.97 bits per heavy atom. The first-order chi connectivity index (χ1) is 15.1. The van der Waals surface area contributed by atoms with Crippen LogP contribution in [0.2, 0.25) is 0 Å². The molecule has 31 heavy (non-hydrogen) atoms. The summed E-state index contributed by atoms with van der Waals surface area (Å²) in [5.74, 6) is 2.01. The molecule has 0 bridgehead atoms. The molecule has 1 saturated heterocycles. The summed E-state index contributed by atoms with van der Waals surface area (Å²) in [5.41, 5.74) is 0. The third kappa shape index (κ3) is 5.68. The van der Waals surface area contributed by atoms with Gasteiger partial charge < -0.3 is 20.1 Å². The summed E-state index contributed by atoms with van der Waals surface area (Å²) < 4.78 is 5.80. The van der Waals surface area contributed by atoms with Gasteiger partial charge in [-0.05, 0) is 19.1 Å². The van der Waals surface area contributed by atoms with Gasteiger partial charge in [0.1, 0.15) is 34.7 Å². The van der Waals surface area contributed by atoms with E-state index in [4.69, 9.17) is 9.84 Å². The molecule has 1 aliphatic heterocycles. The minimum atomic E-state index is -0.989. The van der Waals surface area contributed by atoms with E-state index in [9.17, 15) is 4.79 Å². The summed E-state index contributed by atoms with van der Waals surface area (Å²) in [5, 5.41) is 12.6. The number of nitrogens with one attached hydrogen (secondary N) is 1. The second-order valence-corrected chi connectivity index (χ2v) is 8.14. The first-order valence-electron chi connectivity index (χ1n) is 10.0. The highest BCUT2D eigenvalue weighted by Gasteiger charge is 2.19. The van der Waals surface area contributed by atoms with Crippen LogP contribution in [0.3, 0.4) is 0 Å². The summed E-state index contributed by atoms with van der Waals surface area (Å²) in [4.78, 5) is 28.9. The number of aromatic nitrogens is 3. The van der Waals surface area contributed by atoms with Crippen molar-refractivity contribution < 1.29 is 14.6 Å². The zero-order valence-electron chi connectivity index (χ0n) is 17.2. The highest BCUT2D eigenvalue weighted by atomic mass is 32.1. The molecule has 1 aromatic carbocycles. The van der Waals surface area contributed by atoms with Crippen molar-refractivity contribution in [3.05, 3.63) is 53.3 Å². The van der Waals surface area contributed by atoms with E-state index < -0.39 is 5.97 Å². The monoisotopic (exact) mass is 440 g/mol. The highest BCUT2D eigenvalue weighted by molar-refractivity contribution is 7.17. The molecule has 0 amide bonds. The topological polar surface area (TPSA) is 104 Å². The smallest absolute Gasteiger partial charge is 0.347 e. The quantitative estimate of drug-likeness (QED) is 0.547. The van der Waals surface area contributed by atoms with Gasteiger partial charge >= 0.3 is 5.97 Å². The van der Waals surface area contributed by atoms with Crippen LogP contribution in [0.5, 0.6) is 5.75 Å². The van der Waals surface area contributed by atoms with Gasteiger partial charge in [-0.1, -0.05) is 29.5 Å². The molecular weight excluding hydrogens is 416 g/mol. The summed E-state index contributed by atoms with van der Waals surface area (Å²) >= 11 is 1.08. The van der Waals surface area contributed by atoms with Gasteiger partial charge in [0.15, 0.2) is 5.13 Å². The van der Waals surface area contributed by atoms with Gasteiger partial charge in [0.2, 0.25) is 0 Å². The predicted octanol–water partition coefficient (Wildman–Crippen LogP) is 2.88. The number of piperazine rings is 1. The lowest BCUT2D eigenvalue weighted by molar-refractivity contribution is 0.0702. The number of thiazole rings is 1. The van der Waals surface area contributed by atoms with Crippen LogP contribution in [0.25, 0.3) is 0 Å². The molecule has 0 atom stereocenters. The van der Waals surface area contributed by atoms with Crippen LogP contribution >= 0.6 is 11.3 Å². The Labute approximate surface area is 184 Å². The van der Waals surface area contributed by atoms with Gasteiger partial charge in [-0.3, -0.25) is 4.90 Å². The Morgan fingerprint density at radius 1 is 1.19 bits per heavy atom. The van der Waals surface area contributed by atoms with Crippen LogP contribution in [-0.2, 0) is 0 Å². The van der Waals surface area contributed by atoms with Crippen molar-refractivity contribution in [1.29, 1.82) is 0 Å². The number of carboxylic acid groups (broad SMARTS) is 1. The maximum absolute atomic E-state index is 11.0. The van der Waals surface area contributed by atoms with E-state index in [1.54, 1.807) is 0 Å². The Bertz CT molecular complexity index is 1020. The number of aryl methyl sites for hydroxylation is 1. The number of aromatic carboxylic acids is 1. The van der Waals surface area contributed by atoms with Crippen molar-refractivity contribution in [2.24, 2.45) is 0 Å². The minimum Gasteiger partial charge on any atom is -0.492 e. The lowest BCUT2D eigenvalue weighted by Crippen LogP contribution is -2.47. The molecule has 0 unspecified atom stereocenters. The van der Waals surface area contributed by atoms with E-state index >= 15 is 0 Å². The van der Waals surface area contributed by atoms with E-state index in [0.29, 0.717) is 23.4 Å². The molecule has 3 heterocycles. The predicted molar refractivity (Wildman–Crippen MR) is 120 cm³/mol. The lowest BCUT2D eigenvalue weighted by Gasteiger charge is -2.35. The molecule has 2 aromatic heterocycles. The minimum absolute atomic E-state index is 0.181. The second kappa shape index (κ2) is 9.71. The lowest BCUT2D eigenvalue weighted by atomic mass is 10.3. The molecule has 9 nitrogen and oxygen atoms in total. The third-order valence-corrected chi connectivity index (χ3v) is 5.79. The summed E-state index contributed by atoms with van der Waals surface area (Å²) in [6, 6.07) is 11.7. The van der Waals surface area contributed by atoms with Crippen molar-refractivity contribution in [3.8, 4) is 5.75 Å². The Kier molecular flexibility index (Phi) is 6.58. The van der Waals surface area contributed by atoms with Gasteiger partial charge in [0.25, 0.3) is 0 Å². The average molecular weight is 441 g/mol. The fraction of sp³-hybridized carbons (Fsp3) is 0.333. The molecule has 0 radical (unpaired) electrons. The number of rotatable bonds is 8. The summed E-state index contributed by atoms with van der Waals surface area (Å²) in [6.45, 7) is 6.97. The molecule has 10 heteroatoms. The van der Waals surface area contributed by atoms with Crippen molar-refractivity contribution in [2.45, 2.75) is 6.92 Å². The molecular formula is C21H24N6O3S. The van der Waals surface area contributed by atoms with Crippen LogP contribution in [0, 0.1) is 6.92 Å². The van der Waals surface area contributed by atoms with Gasteiger partial charge in [0, 0.05) is 38.8 Å². The molecule has 0 aliphatic carbocycles. The molecule has 3 aromatic rings. The Balaban J connectivity index is 1.31. The van der Waals surface area contributed by atoms with Crippen LogP contribution in [0.15, 0.2) is 42.6 Å². The van der Waals surface area contributed by atoms with E-state index in [1.807, 2.05) is 43.3 Å². The van der Waals surface area contributed by atoms with E-state index in [-0.39, 0.29) is 4.88 Å². The second-order valence-electron chi connectivity index (χ2n) is 7.11. The van der Waals surface area contributed by atoms with Crippen molar-refractivity contribution in [1.82, 2.24) is 19.9 Å². The van der Waals surface area contributed by atoms with E-state index in [0.717, 1.165) is 55.6 Å². The van der Waals surface area contributed by atoms with Crippen molar-refractivity contribution >= 4 is 34.1 Å². The molecule has 0 saturated carbocycles. The normalized spacial score (nSPS) is 14.4. The molecule has 4 rings (SSSR count). The fourth-order valence-corrected chi connectivity index (χ4v) is 3.99. The van der Waals surface area contributed by atoms with E-state index in [2.05, 4.69) is 30.1 Å². The third-order valence-electron chi connectivity index (χ3n) is 4.89. The molecule has 2 N–H and O–H groups in total. The summed E-state index contributed by atoms with van der Waals surface area (Å²) in [7, 11) is 0. The van der Waals surface area contributed by atoms with Gasteiger partial charge in [-0.2, -0.15) is 0 Å². The van der Waals surface area contributed by atoms with Crippen LogP contribution in [0.1, 0.15) is 15.5 Å². The largest absolute Gasteiger partial charge is 0.492 e. The highest BCUT2D eigenvalue weighted by Crippen LogP contribution is 2.24. The number of hydrogen-bond acceptors (Lipinski definition) is 9. The maximum atomic E-state index is 11.0. The number of benzene rings is 1. The van der Waals surface area contributed by atoms with Crippen LogP contribution in [-0.4, -0.2) is 70.3 Å². The number of ether oxygens (including phenoxy) is 1. The maximum Gasteiger partial charge on any atom is 0.347 e.